The minimum absolute atomic E-state index is 0.114. The lowest BCUT2D eigenvalue weighted by molar-refractivity contribution is -0.118. The van der Waals surface area contributed by atoms with E-state index in [1.165, 1.54) is 16.3 Å². The number of carbonyl (C=O) groups is 1. The number of para-hydroxylation sites is 1. The molecule has 130 valence electrons. The number of rotatable bonds is 3. The van der Waals surface area contributed by atoms with Crippen LogP contribution in [0.25, 0.3) is 0 Å². The summed E-state index contributed by atoms with van der Waals surface area (Å²) in [7, 11) is 0. The summed E-state index contributed by atoms with van der Waals surface area (Å²) in [6, 6.07) is 11.7. The lowest BCUT2D eigenvalue weighted by Crippen LogP contribution is -2.27. The van der Waals surface area contributed by atoms with Crippen molar-refractivity contribution in [3.8, 4) is 6.07 Å². The van der Waals surface area contributed by atoms with Crippen molar-refractivity contribution in [1.29, 1.82) is 5.26 Å². The van der Waals surface area contributed by atoms with Gasteiger partial charge in [0, 0.05) is 11.1 Å². The van der Waals surface area contributed by atoms with E-state index in [1.54, 1.807) is 17.6 Å². The predicted molar refractivity (Wildman–Crippen MR) is 104 cm³/mol. The molecule has 0 spiro atoms. The van der Waals surface area contributed by atoms with Gasteiger partial charge in [-0.2, -0.15) is 15.4 Å². The fraction of sp³-hybridized carbons (Fsp3) is 0.300. The summed E-state index contributed by atoms with van der Waals surface area (Å²) in [6.07, 6.45) is 5.91. The fourth-order valence-electron chi connectivity index (χ4n) is 3.41. The molecule has 26 heavy (non-hydrogen) atoms. The molecule has 1 aromatic carbocycles. The second-order valence-electron chi connectivity index (χ2n) is 6.49. The third-order valence-corrected chi connectivity index (χ3v) is 5.99. The first-order valence-electron chi connectivity index (χ1n) is 8.72. The SMILES string of the molecule is CC1=NN(c2ccccc2)C(=O)C1C=Nc1sc2c(c1C#N)CCCC2. The number of aryl methyl sites for hydroxylation is 1. The Morgan fingerprint density at radius 1 is 1.31 bits per heavy atom. The van der Waals surface area contributed by atoms with Gasteiger partial charge >= 0.3 is 0 Å². The maximum atomic E-state index is 12.7. The van der Waals surface area contributed by atoms with E-state index >= 15 is 0 Å². The van der Waals surface area contributed by atoms with E-state index in [4.69, 9.17) is 0 Å². The highest BCUT2D eigenvalue weighted by molar-refractivity contribution is 7.16. The molecule has 0 fully saturated rings. The van der Waals surface area contributed by atoms with E-state index in [0.717, 1.165) is 35.5 Å². The van der Waals surface area contributed by atoms with Gasteiger partial charge in [-0.3, -0.25) is 4.79 Å². The summed E-state index contributed by atoms with van der Waals surface area (Å²) in [5, 5.41) is 16.1. The van der Waals surface area contributed by atoms with Gasteiger partial charge in [0.05, 0.1) is 17.0 Å². The zero-order chi connectivity index (χ0) is 18.1. The molecule has 1 aliphatic carbocycles. The molecule has 0 saturated heterocycles. The van der Waals surface area contributed by atoms with Gasteiger partial charge in [-0.25, -0.2) is 4.99 Å². The zero-order valence-electron chi connectivity index (χ0n) is 14.5. The molecule has 1 atom stereocenters. The fourth-order valence-corrected chi connectivity index (χ4v) is 4.60. The van der Waals surface area contributed by atoms with Gasteiger partial charge in [-0.05, 0) is 50.3 Å². The van der Waals surface area contributed by atoms with Crippen molar-refractivity contribution in [2.24, 2.45) is 16.0 Å². The summed E-state index contributed by atoms with van der Waals surface area (Å²) >= 11 is 1.58. The second kappa shape index (κ2) is 6.85. The van der Waals surface area contributed by atoms with Crippen molar-refractivity contribution >= 4 is 39.9 Å². The van der Waals surface area contributed by atoms with Gasteiger partial charge < -0.3 is 0 Å². The van der Waals surface area contributed by atoms with Crippen LogP contribution < -0.4 is 5.01 Å². The van der Waals surface area contributed by atoms with Gasteiger partial charge in [-0.15, -0.1) is 11.3 Å². The number of hydrogen-bond acceptors (Lipinski definition) is 5. The van der Waals surface area contributed by atoms with Crippen LogP contribution in [0.15, 0.2) is 40.4 Å². The van der Waals surface area contributed by atoms with Crippen molar-refractivity contribution < 1.29 is 4.79 Å². The lowest BCUT2D eigenvalue weighted by Gasteiger charge is -2.12. The number of benzene rings is 1. The van der Waals surface area contributed by atoms with E-state index in [2.05, 4.69) is 16.2 Å². The van der Waals surface area contributed by atoms with Crippen molar-refractivity contribution in [1.82, 2.24) is 0 Å². The smallest absolute Gasteiger partial charge is 0.261 e. The maximum Gasteiger partial charge on any atom is 0.261 e. The van der Waals surface area contributed by atoms with E-state index < -0.39 is 5.92 Å². The number of thiophene rings is 1. The summed E-state index contributed by atoms with van der Waals surface area (Å²) in [5.74, 6) is -0.599. The maximum absolute atomic E-state index is 12.7. The normalized spacial score (nSPS) is 19.5. The first-order valence-corrected chi connectivity index (χ1v) is 9.53. The van der Waals surface area contributed by atoms with Crippen molar-refractivity contribution in [2.75, 3.05) is 5.01 Å². The van der Waals surface area contributed by atoms with Crippen LogP contribution in [0.1, 0.15) is 35.8 Å². The molecule has 0 saturated carbocycles. The molecule has 1 unspecified atom stereocenters. The third kappa shape index (κ3) is 2.85. The zero-order valence-corrected chi connectivity index (χ0v) is 15.3. The van der Waals surface area contributed by atoms with Crippen LogP contribution >= 0.6 is 11.3 Å². The first kappa shape index (κ1) is 16.7. The van der Waals surface area contributed by atoms with Crippen LogP contribution in [0.3, 0.4) is 0 Å². The van der Waals surface area contributed by atoms with Crippen molar-refractivity contribution in [3.63, 3.8) is 0 Å². The molecule has 1 aromatic heterocycles. The van der Waals surface area contributed by atoms with Crippen molar-refractivity contribution in [3.05, 3.63) is 46.3 Å². The highest BCUT2D eigenvalue weighted by Crippen LogP contribution is 2.39. The molecular weight excluding hydrogens is 344 g/mol. The second-order valence-corrected chi connectivity index (χ2v) is 7.57. The quantitative estimate of drug-likeness (QED) is 0.766. The van der Waals surface area contributed by atoms with E-state index in [9.17, 15) is 10.1 Å². The Kier molecular flexibility index (Phi) is 4.39. The minimum atomic E-state index is -0.485. The van der Waals surface area contributed by atoms with Crippen LogP contribution in [0, 0.1) is 17.2 Å². The summed E-state index contributed by atoms with van der Waals surface area (Å²) in [5.41, 5.74) is 3.30. The van der Waals surface area contributed by atoms with Crippen LogP contribution in [-0.4, -0.2) is 17.8 Å². The Bertz CT molecular complexity index is 952. The summed E-state index contributed by atoms with van der Waals surface area (Å²) < 4.78 is 0. The number of anilines is 1. The van der Waals surface area contributed by atoms with E-state index in [1.807, 2.05) is 37.3 Å². The van der Waals surface area contributed by atoms with Crippen LogP contribution in [0.5, 0.6) is 0 Å². The Balaban J connectivity index is 1.60. The molecule has 6 heteroatoms. The molecule has 2 aliphatic rings. The Morgan fingerprint density at radius 2 is 2.08 bits per heavy atom. The molecule has 0 N–H and O–H groups in total. The number of fused-ring (bicyclic) bond motifs is 1. The van der Waals surface area contributed by atoms with Gasteiger partial charge in [-0.1, -0.05) is 18.2 Å². The number of hydrogen-bond donors (Lipinski definition) is 0. The standard InChI is InChI=1S/C20H18N4OS/c1-13-17(20(25)24(23-13)14-7-3-2-4-8-14)12-22-19-16(11-21)15-9-5-6-10-18(15)26-19/h2-4,7-8,12,17H,5-6,9-10H2,1H3. The van der Waals surface area contributed by atoms with Gasteiger partial charge in [0.25, 0.3) is 5.91 Å². The molecule has 4 rings (SSSR count). The van der Waals surface area contributed by atoms with Crippen LogP contribution in [0.2, 0.25) is 0 Å². The van der Waals surface area contributed by atoms with Gasteiger partial charge in [0.2, 0.25) is 0 Å². The number of hydrazone groups is 1. The first-order chi connectivity index (χ1) is 12.7. The average Bonchev–Trinajstić information content (AvgIpc) is 3.17. The molecule has 2 heterocycles. The Morgan fingerprint density at radius 3 is 2.85 bits per heavy atom. The Labute approximate surface area is 156 Å². The number of nitriles is 1. The third-order valence-electron chi connectivity index (χ3n) is 4.79. The number of nitrogens with zero attached hydrogens (tertiary/aromatic N) is 4. The Hall–Kier alpha value is -2.78. The molecule has 1 aliphatic heterocycles. The topological polar surface area (TPSA) is 68.8 Å². The van der Waals surface area contributed by atoms with Gasteiger partial charge in [0.1, 0.15) is 17.0 Å². The lowest BCUT2D eigenvalue weighted by atomic mass is 9.96. The summed E-state index contributed by atoms with van der Waals surface area (Å²) in [4.78, 5) is 18.6. The highest BCUT2D eigenvalue weighted by Gasteiger charge is 2.33. The van der Waals surface area contributed by atoms with Crippen LogP contribution in [-0.2, 0) is 17.6 Å². The number of aliphatic imine (C=N–C) groups is 1. The number of carbonyl (C=O) groups excluding carboxylic acids is 1. The minimum Gasteiger partial charge on any atom is -0.271 e. The number of amides is 1. The summed E-state index contributed by atoms with van der Waals surface area (Å²) in [6.45, 7) is 1.84. The largest absolute Gasteiger partial charge is 0.271 e. The van der Waals surface area contributed by atoms with E-state index in [0.29, 0.717) is 11.3 Å². The molecule has 2 aromatic rings. The van der Waals surface area contributed by atoms with E-state index in [-0.39, 0.29) is 5.91 Å². The monoisotopic (exact) mass is 362 g/mol. The van der Waals surface area contributed by atoms with Gasteiger partial charge in [0.15, 0.2) is 0 Å². The highest BCUT2D eigenvalue weighted by atomic mass is 32.1. The molecule has 0 radical (unpaired) electrons. The van der Waals surface area contributed by atoms with Crippen molar-refractivity contribution in [2.45, 2.75) is 32.6 Å². The molecule has 0 bridgehead atoms. The molecule has 1 amide bonds. The predicted octanol–water partition coefficient (Wildman–Crippen LogP) is 4.24. The molecule has 5 nitrogen and oxygen atoms in total. The molecular formula is C20H18N4OS. The average molecular weight is 362 g/mol. The van der Waals surface area contributed by atoms with Crippen LogP contribution in [0.4, 0.5) is 10.7 Å².